The Hall–Kier alpha value is -2.33. The first kappa shape index (κ1) is 13.1. The lowest BCUT2D eigenvalue weighted by Crippen LogP contribution is -2.32. The van der Waals surface area contributed by atoms with Crippen molar-refractivity contribution in [1.82, 2.24) is 0 Å². The van der Waals surface area contributed by atoms with Gasteiger partial charge in [-0.05, 0) is 35.2 Å². The number of phenols is 1. The van der Waals surface area contributed by atoms with Gasteiger partial charge in [0.05, 0.1) is 0 Å². The second-order valence-electron chi connectivity index (χ2n) is 4.36. The molecule has 0 aromatic heterocycles. The third-order valence-electron chi connectivity index (χ3n) is 2.94. The zero-order chi connectivity index (χ0) is 13.8. The van der Waals surface area contributed by atoms with E-state index in [-0.39, 0.29) is 12.2 Å². The number of aromatic hydroxyl groups is 1. The summed E-state index contributed by atoms with van der Waals surface area (Å²) >= 11 is 0. The number of aliphatic carboxylic acids is 1. The third kappa shape index (κ3) is 3.11. The van der Waals surface area contributed by atoms with Crippen molar-refractivity contribution < 1.29 is 15.0 Å². The second-order valence-corrected chi connectivity index (χ2v) is 4.36. The Morgan fingerprint density at radius 3 is 2.47 bits per heavy atom. The maximum absolute atomic E-state index is 10.8. The van der Waals surface area contributed by atoms with Gasteiger partial charge in [-0.15, -0.1) is 0 Å². The van der Waals surface area contributed by atoms with Crippen LogP contribution in [0, 0.1) is 0 Å². The van der Waals surface area contributed by atoms with Gasteiger partial charge in [0, 0.05) is 0 Å². The molecule has 4 heteroatoms. The van der Waals surface area contributed by atoms with Crippen molar-refractivity contribution in [2.45, 2.75) is 12.5 Å². The van der Waals surface area contributed by atoms with Gasteiger partial charge in [0.1, 0.15) is 11.8 Å². The molecule has 0 amide bonds. The topological polar surface area (TPSA) is 83.5 Å². The molecule has 4 nitrogen and oxygen atoms in total. The van der Waals surface area contributed by atoms with Gasteiger partial charge < -0.3 is 15.9 Å². The van der Waals surface area contributed by atoms with Crippen molar-refractivity contribution in [3.05, 3.63) is 54.1 Å². The molecule has 1 atom stereocenters. The number of hydrogen-bond acceptors (Lipinski definition) is 3. The summed E-state index contributed by atoms with van der Waals surface area (Å²) in [5.41, 5.74) is 8.10. The molecule has 2 rings (SSSR count). The van der Waals surface area contributed by atoms with E-state index in [4.69, 9.17) is 10.8 Å². The van der Waals surface area contributed by atoms with E-state index in [9.17, 15) is 9.90 Å². The zero-order valence-electron chi connectivity index (χ0n) is 10.3. The van der Waals surface area contributed by atoms with E-state index >= 15 is 0 Å². The number of nitrogens with two attached hydrogens (primary N) is 1. The van der Waals surface area contributed by atoms with Crippen LogP contribution < -0.4 is 5.73 Å². The van der Waals surface area contributed by atoms with Crippen LogP contribution in [0.15, 0.2) is 48.5 Å². The highest BCUT2D eigenvalue weighted by Crippen LogP contribution is 2.28. The smallest absolute Gasteiger partial charge is 0.320 e. The van der Waals surface area contributed by atoms with Crippen molar-refractivity contribution >= 4 is 5.97 Å². The number of phenolic OH excluding ortho intramolecular Hbond substituents is 1. The van der Waals surface area contributed by atoms with Gasteiger partial charge in [-0.3, -0.25) is 4.79 Å². The predicted octanol–water partition coefficient (Wildman–Crippen LogP) is 2.01. The maximum atomic E-state index is 10.8. The minimum absolute atomic E-state index is 0.145. The molecule has 0 radical (unpaired) electrons. The molecule has 0 aliphatic carbocycles. The van der Waals surface area contributed by atoms with Crippen molar-refractivity contribution in [2.24, 2.45) is 5.73 Å². The number of rotatable bonds is 4. The average molecular weight is 257 g/mol. The third-order valence-corrected chi connectivity index (χ3v) is 2.94. The second kappa shape index (κ2) is 5.54. The van der Waals surface area contributed by atoms with E-state index in [2.05, 4.69) is 0 Å². The Kier molecular flexibility index (Phi) is 3.82. The molecule has 1 unspecified atom stereocenters. The van der Waals surface area contributed by atoms with E-state index in [1.165, 1.54) is 6.07 Å². The largest absolute Gasteiger partial charge is 0.508 e. The summed E-state index contributed by atoms with van der Waals surface area (Å²) in [6.45, 7) is 0. The normalized spacial score (nSPS) is 12.1. The average Bonchev–Trinajstić information content (AvgIpc) is 2.41. The van der Waals surface area contributed by atoms with Crippen LogP contribution in [0.2, 0.25) is 0 Å². The van der Waals surface area contributed by atoms with Crippen molar-refractivity contribution in [3.8, 4) is 16.9 Å². The molecular formula is C15H15NO3. The number of benzene rings is 2. The number of carboxylic acids is 1. The van der Waals surface area contributed by atoms with Crippen molar-refractivity contribution in [1.29, 1.82) is 0 Å². The number of carboxylic acid groups (broad SMARTS) is 1. The summed E-state index contributed by atoms with van der Waals surface area (Å²) in [6.07, 6.45) is 0.222. The highest BCUT2D eigenvalue weighted by molar-refractivity contribution is 5.75. The van der Waals surface area contributed by atoms with E-state index in [1.54, 1.807) is 12.1 Å². The van der Waals surface area contributed by atoms with Gasteiger partial charge in [-0.25, -0.2) is 0 Å². The molecule has 2 aromatic rings. The molecule has 0 saturated heterocycles. The Bertz CT molecular complexity index is 581. The fourth-order valence-electron chi connectivity index (χ4n) is 1.95. The van der Waals surface area contributed by atoms with Gasteiger partial charge in [-0.2, -0.15) is 0 Å². The van der Waals surface area contributed by atoms with Crippen molar-refractivity contribution in [3.63, 3.8) is 0 Å². The highest BCUT2D eigenvalue weighted by atomic mass is 16.4. The molecule has 0 aliphatic rings. The van der Waals surface area contributed by atoms with Crippen molar-refractivity contribution in [2.75, 3.05) is 0 Å². The number of carbonyl (C=O) groups is 1. The number of hydrogen-bond donors (Lipinski definition) is 3. The van der Waals surface area contributed by atoms with Gasteiger partial charge >= 0.3 is 5.97 Å². The summed E-state index contributed by atoms with van der Waals surface area (Å²) in [5, 5.41) is 18.5. The molecule has 0 aliphatic heterocycles. The molecule has 0 saturated carbocycles. The molecule has 0 bridgehead atoms. The van der Waals surface area contributed by atoms with E-state index in [1.807, 2.05) is 30.3 Å². The van der Waals surface area contributed by atoms with Crippen LogP contribution in [0.4, 0.5) is 0 Å². The van der Waals surface area contributed by atoms with Crippen LogP contribution >= 0.6 is 0 Å². The molecule has 2 aromatic carbocycles. The zero-order valence-corrected chi connectivity index (χ0v) is 10.3. The van der Waals surface area contributed by atoms with E-state index < -0.39 is 12.0 Å². The minimum Gasteiger partial charge on any atom is -0.508 e. The quantitative estimate of drug-likeness (QED) is 0.782. The maximum Gasteiger partial charge on any atom is 0.320 e. The summed E-state index contributed by atoms with van der Waals surface area (Å²) in [7, 11) is 0. The lowest BCUT2D eigenvalue weighted by Gasteiger charge is -2.12. The molecule has 0 fully saturated rings. The first-order valence-corrected chi connectivity index (χ1v) is 5.93. The first-order valence-electron chi connectivity index (χ1n) is 5.93. The summed E-state index contributed by atoms with van der Waals surface area (Å²) in [5.74, 6) is -0.890. The lowest BCUT2D eigenvalue weighted by atomic mass is 9.95. The molecular weight excluding hydrogens is 242 g/mol. The predicted molar refractivity (Wildman–Crippen MR) is 72.9 cm³/mol. The van der Waals surface area contributed by atoms with Crippen LogP contribution in [0.3, 0.4) is 0 Å². The van der Waals surface area contributed by atoms with Crippen LogP contribution in [-0.2, 0) is 11.2 Å². The first-order chi connectivity index (χ1) is 9.08. The van der Waals surface area contributed by atoms with E-state index in [0.29, 0.717) is 0 Å². The van der Waals surface area contributed by atoms with Crippen LogP contribution in [0.5, 0.6) is 5.75 Å². The summed E-state index contributed by atoms with van der Waals surface area (Å²) in [6, 6.07) is 13.4. The fraction of sp³-hybridized carbons (Fsp3) is 0.133. The SMILES string of the molecule is NC(Cc1ccc(O)cc1-c1ccccc1)C(=O)O. The minimum atomic E-state index is -1.04. The Balaban J connectivity index is 2.42. The van der Waals surface area contributed by atoms with Gasteiger partial charge in [0.25, 0.3) is 0 Å². The molecule has 19 heavy (non-hydrogen) atoms. The highest BCUT2D eigenvalue weighted by Gasteiger charge is 2.15. The molecule has 98 valence electrons. The Morgan fingerprint density at radius 2 is 1.84 bits per heavy atom. The van der Waals surface area contributed by atoms with Gasteiger partial charge in [-0.1, -0.05) is 36.4 Å². The van der Waals surface area contributed by atoms with Crippen LogP contribution in [0.25, 0.3) is 11.1 Å². The molecule has 0 heterocycles. The molecule has 4 N–H and O–H groups in total. The molecule has 0 spiro atoms. The lowest BCUT2D eigenvalue weighted by molar-refractivity contribution is -0.138. The standard InChI is InChI=1S/C15H15NO3/c16-14(15(18)19)8-11-6-7-12(17)9-13(11)10-4-2-1-3-5-10/h1-7,9,14,17H,8,16H2,(H,18,19). The van der Waals surface area contributed by atoms with Crippen LogP contribution in [-0.4, -0.2) is 22.2 Å². The summed E-state index contributed by atoms with van der Waals surface area (Å²) in [4.78, 5) is 10.8. The monoisotopic (exact) mass is 257 g/mol. The Morgan fingerprint density at radius 1 is 1.16 bits per heavy atom. The Labute approximate surface area is 111 Å². The fourth-order valence-corrected chi connectivity index (χ4v) is 1.95. The van der Waals surface area contributed by atoms with Gasteiger partial charge in [0.2, 0.25) is 0 Å². The van der Waals surface area contributed by atoms with Crippen LogP contribution in [0.1, 0.15) is 5.56 Å². The summed E-state index contributed by atoms with van der Waals surface area (Å²) < 4.78 is 0. The van der Waals surface area contributed by atoms with Gasteiger partial charge in [0.15, 0.2) is 0 Å². The van der Waals surface area contributed by atoms with E-state index in [0.717, 1.165) is 16.7 Å².